The molecule has 1 N–H and O–H groups in total. The van der Waals surface area contributed by atoms with Crippen molar-refractivity contribution in [2.75, 3.05) is 38.5 Å². The zero-order chi connectivity index (χ0) is 17.0. The van der Waals surface area contributed by atoms with Gasteiger partial charge in [0.1, 0.15) is 5.82 Å². The van der Waals surface area contributed by atoms with Gasteiger partial charge in [-0.15, -0.1) is 0 Å². The predicted octanol–water partition coefficient (Wildman–Crippen LogP) is 1.63. The largest absolute Gasteiger partial charge is 0.373 e. The molecule has 0 saturated carbocycles. The average Bonchev–Trinajstić information content (AvgIpc) is 2.63. The van der Waals surface area contributed by atoms with Crippen molar-refractivity contribution in [1.82, 2.24) is 14.2 Å². The molecular formula is C17H22N4O2S. The molecule has 0 atom stereocenters. The average molecular weight is 346 g/mol. The Labute approximate surface area is 143 Å². The van der Waals surface area contributed by atoms with E-state index in [0.717, 1.165) is 19.6 Å². The number of hydrogen-bond donors (Lipinski definition) is 1. The summed E-state index contributed by atoms with van der Waals surface area (Å²) in [5, 5.41) is 2.87. The van der Waals surface area contributed by atoms with Gasteiger partial charge in [-0.1, -0.05) is 30.3 Å². The fourth-order valence-electron chi connectivity index (χ4n) is 2.83. The number of anilines is 1. The second kappa shape index (κ2) is 7.29. The smallest absolute Gasteiger partial charge is 0.243 e. The first-order valence-electron chi connectivity index (χ1n) is 8.00. The molecule has 0 spiro atoms. The van der Waals surface area contributed by atoms with Crippen LogP contribution in [0.1, 0.15) is 5.56 Å². The molecule has 1 aromatic carbocycles. The molecule has 7 heteroatoms. The predicted molar refractivity (Wildman–Crippen MR) is 94.3 cm³/mol. The van der Waals surface area contributed by atoms with Gasteiger partial charge in [0, 0.05) is 52.0 Å². The highest BCUT2D eigenvalue weighted by molar-refractivity contribution is 7.89. The molecule has 128 valence electrons. The van der Waals surface area contributed by atoms with Crippen LogP contribution in [0.15, 0.2) is 53.6 Å². The van der Waals surface area contributed by atoms with E-state index in [1.807, 2.05) is 18.2 Å². The van der Waals surface area contributed by atoms with Gasteiger partial charge in [0.2, 0.25) is 10.0 Å². The van der Waals surface area contributed by atoms with Gasteiger partial charge in [0.25, 0.3) is 0 Å². The lowest BCUT2D eigenvalue weighted by Gasteiger charge is -2.34. The van der Waals surface area contributed by atoms with E-state index in [-0.39, 0.29) is 0 Å². The quantitative estimate of drug-likeness (QED) is 0.891. The van der Waals surface area contributed by atoms with Gasteiger partial charge in [0.15, 0.2) is 0 Å². The van der Waals surface area contributed by atoms with Crippen LogP contribution in [0.25, 0.3) is 0 Å². The third kappa shape index (κ3) is 3.75. The second-order valence-corrected chi connectivity index (χ2v) is 7.73. The lowest BCUT2D eigenvalue weighted by Crippen LogP contribution is -2.48. The topological polar surface area (TPSA) is 65.5 Å². The Morgan fingerprint density at radius 1 is 1.08 bits per heavy atom. The highest BCUT2D eigenvalue weighted by atomic mass is 32.2. The number of aromatic nitrogens is 1. The van der Waals surface area contributed by atoms with Crippen LogP contribution in [0, 0.1) is 0 Å². The third-order valence-electron chi connectivity index (χ3n) is 4.21. The number of hydrogen-bond acceptors (Lipinski definition) is 5. The molecule has 1 aliphatic heterocycles. The molecule has 0 aliphatic carbocycles. The monoisotopic (exact) mass is 346 g/mol. The number of sulfonamides is 1. The standard InChI is InChI=1S/C17H22N4O2S/c1-18-17-13-16(7-8-19-17)24(22,23)21-11-9-20(10-12-21)14-15-5-3-2-4-6-15/h2-8,13H,9-12,14H2,1H3,(H,18,19). The van der Waals surface area contributed by atoms with E-state index in [1.165, 1.54) is 11.8 Å². The normalized spacial score (nSPS) is 16.9. The lowest BCUT2D eigenvalue weighted by molar-refractivity contribution is 0.181. The Balaban J connectivity index is 1.65. The van der Waals surface area contributed by atoms with Crippen molar-refractivity contribution in [3.8, 4) is 0 Å². The molecule has 0 radical (unpaired) electrons. The lowest BCUT2D eigenvalue weighted by atomic mass is 10.2. The molecule has 0 amide bonds. The molecule has 24 heavy (non-hydrogen) atoms. The number of piperazine rings is 1. The van der Waals surface area contributed by atoms with Crippen molar-refractivity contribution in [1.29, 1.82) is 0 Å². The van der Waals surface area contributed by atoms with Crippen molar-refractivity contribution < 1.29 is 8.42 Å². The maximum absolute atomic E-state index is 12.8. The molecule has 2 heterocycles. The van der Waals surface area contributed by atoms with Crippen molar-refractivity contribution in [2.24, 2.45) is 0 Å². The van der Waals surface area contributed by atoms with Crippen LogP contribution in [0.5, 0.6) is 0 Å². The molecule has 0 unspecified atom stereocenters. The first kappa shape index (κ1) is 16.9. The van der Waals surface area contributed by atoms with Gasteiger partial charge in [-0.25, -0.2) is 13.4 Å². The Morgan fingerprint density at radius 2 is 1.79 bits per heavy atom. The number of pyridine rings is 1. The van der Waals surface area contributed by atoms with Gasteiger partial charge >= 0.3 is 0 Å². The molecule has 3 rings (SSSR count). The fraction of sp³-hybridized carbons (Fsp3) is 0.353. The SMILES string of the molecule is CNc1cc(S(=O)(=O)N2CCN(Cc3ccccc3)CC2)ccn1. The summed E-state index contributed by atoms with van der Waals surface area (Å²) in [6.07, 6.45) is 1.52. The van der Waals surface area contributed by atoms with Crippen molar-refractivity contribution >= 4 is 15.8 Å². The van der Waals surface area contributed by atoms with Gasteiger partial charge in [0.05, 0.1) is 4.90 Å². The Hall–Kier alpha value is -1.96. The van der Waals surface area contributed by atoms with E-state index in [2.05, 4.69) is 27.3 Å². The molecule has 0 bridgehead atoms. The Kier molecular flexibility index (Phi) is 5.13. The van der Waals surface area contributed by atoms with Gasteiger partial charge in [-0.05, 0) is 11.6 Å². The first-order valence-corrected chi connectivity index (χ1v) is 9.44. The molecular weight excluding hydrogens is 324 g/mol. The molecule has 1 fully saturated rings. The Bertz CT molecular complexity index is 772. The van der Waals surface area contributed by atoms with Crippen molar-refractivity contribution in [3.63, 3.8) is 0 Å². The van der Waals surface area contributed by atoms with E-state index < -0.39 is 10.0 Å². The van der Waals surface area contributed by atoms with E-state index in [1.54, 1.807) is 23.5 Å². The third-order valence-corrected chi connectivity index (χ3v) is 6.10. The van der Waals surface area contributed by atoms with Crippen LogP contribution in [0.3, 0.4) is 0 Å². The minimum Gasteiger partial charge on any atom is -0.373 e. The number of benzene rings is 1. The summed E-state index contributed by atoms with van der Waals surface area (Å²) in [5.74, 6) is 0.554. The molecule has 1 saturated heterocycles. The molecule has 1 aliphatic rings. The molecule has 2 aromatic rings. The van der Waals surface area contributed by atoms with Crippen LogP contribution in [0.2, 0.25) is 0 Å². The highest BCUT2D eigenvalue weighted by Crippen LogP contribution is 2.20. The van der Waals surface area contributed by atoms with Crippen LogP contribution in [0.4, 0.5) is 5.82 Å². The minimum absolute atomic E-state index is 0.290. The number of nitrogens with zero attached hydrogens (tertiary/aromatic N) is 3. The van der Waals surface area contributed by atoms with Crippen LogP contribution in [-0.4, -0.2) is 55.8 Å². The summed E-state index contributed by atoms with van der Waals surface area (Å²) in [5.41, 5.74) is 1.25. The van der Waals surface area contributed by atoms with Gasteiger partial charge in [-0.2, -0.15) is 4.31 Å². The summed E-state index contributed by atoms with van der Waals surface area (Å²) in [6.45, 7) is 3.34. The van der Waals surface area contributed by atoms with E-state index in [9.17, 15) is 8.42 Å². The van der Waals surface area contributed by atoms with Gasteiger partial charge in [-0.3, -0.25) is 4.90 Å². The van der Waals surface area contributed by atoms with E-state index in [0.29, 0.717) is 23.8 Å². The fourth-order valence-corrected chi connectivity index (χ4v) is 4.26. The van der Waals surface area contributed by atoms with Crippen LogP contribution in [-0.2, 0) is 16.6 Å². The van der Waals surface area contributed by atoms with Gasteiger partial charge < -0.3 is 5.32 Å². The summed E-state index contributed by atoms with van der Waals surface area (Å²) >= 11 is 0. The maximum Gasteiger partial charge on any atom is 0.243 e. The summed E-state index contributed by atoms with van der Waals surface area (Å²) in [6, 6.07) is 13.4. The van der Waals surface area contributed by atoms with E-state index in [4.69, 9.17) is 0 Å². The zero-order valence-electron chi connectivity index (χ0n) is 13.7. The summed E-state index contributed by atoms with van der Waals surface area (Å²) in [4.78, 5) is 6.65. The Morgan fingerprint density at radius 3 is 2.46 bits per heavy atom. The zero-order valence-corrected chi connectivity index (χ0v) is 14.5. The number of rotatable bonds is 5. The molecule has 6 nitrogen and oxygen atoms in total. The molecule has 1 aromatic heterocycles. The second-order valence-electron chi connectivity index (χ2n) is 5.79. The minimum atomic E-state index is -3.46. The number of nitrogens with one attached hydrogen (secondary N) is 1. The van der Waals surface area contributed by atoms with E-state index >= 15 is 0 Å². The summed E-state index contributed by atoms with van der Waals surface area (Å²) in [7, 11) is -1.74. The maximum atomic E-state index is 12.8. The van der Waals surface area contributed by atoms with Crippen molar-refractivity contribution in [3.05, 3.63) is 54.2 Å². The van der Waals surface area contributed by atoms with Crippen LogP contribution >= 0.6 is 0 Å². The first-order chi connectivity index (χ1) is 11.6. The van der Waals surface area contributed by atoms with Crippen LogP contribution < -0.4 is 5.32 Å². The van der Waals surface area contributed by atoms with Crippen molar-refractivity contribution in [2.45, 2.75) is 11.4 Å². The highest BCUT2D eigenvalue weighted by Gasteiger charge is 2.28. The summed E-state index contributed by atoms with van der Waals surface area (Å²) < 4.78 is 27.1.